The van der Waals surface area contributed by atoms with Crippen LogP contribution in [-0.2, 0) is 23.8 Å². The number of rotatable bonds is 6. The van der Waals surface area contributed by atoms with E-state index in [2.05, 4.69) is 4.74 Å². The molecule has 8 nitrogen and oxygen atoms in total. The third kappa shape index (κ3) is 3.73. The molecule has 0 amide bonds. The number of ether oxygens (including phenoxy) is 3. The van der Waals surface area contributed by atoms with Crippen molar-refractivity contribution >= 4 is 16.1 Å². The highest BCUT2D eigenvalue weighted by atomic mass is 32.2. The van der Waals surface area contributed by atoms with Gasteiger partial charge in [0.1, 0.15) is 0 Å². The summed E-state index contributed by atoms with van der Waals surface area (Å²) in [5.74, 6) is 0.0567. The van der Waals surface area contributed by atoms with Crippen molar-refractivity contribution in [3.05, 3.63) is 46.9 Å². The highest BCUT2D eigenvalue weighted by Crippen LogP contribution is 2.55. The van der Waals surface area contributed by atoms with Gasteiger partial charge in [0.05, 0.1) is 24.0 Å². The van der Waals surface area contributed by atoms with E-state index in [0.29, 0.717) is 42.2 Å². The maximum atomic E-state index is 12.8. The first-order valence-electron chi connectivity index (χ1n) is 9.85. The SMILES string of the molecule is COC(=O)COc1cccc2c1OC1(N)CCC(OS(=O)(=O)C3=CCC(C)C=C3)C21. The molecule has 2 aliphatic carbocycles. The van der Waals surface area contributed by atoms with Gasteiger partial charge in [0.15, 0.2) is 23.8 Å². The van der Waals surface area contributed by atoms with Crippen LogP contribution >= 0.6 is 0 Å². The second kappa shape index (κ2) is 7.72. The number of nitrogens with two attached hydrogens (primary N) is 1. The van der Waals surface area contributed by atoms with Crippen LogP contribution < -0.4 is 15.2 Å². The zero-order chi connectivity index (χ0) is 21.5. The van der Waals surface area contributed by atoms with Crippen LogP contribution in [0.4, 0.5) is 0 Å². The van der Waals surface area contributed by atoms with Crippen molar-refractivity contribution in [3.63, 3.8) is 0 Å². The van der Waals surface area contributed by atoms with Gasteiger partial charge in [-0.05, 0) is 30.9 Å². The molecular formula is C21H25NO7S. The van der Waals surface area contributed by atoms with Gasteiger partial charge in [-0.1, -0.05) is 31.2 Å². The number of carbonyl (C=O) groups is 1. The summed E-state index contributed by atoms with van der Waals surface area (Å²) in [7, 11) is -2.65. The average molecular weight is 435 g/mol. The normalized spacial score (nSPS) is 29.6. The van der Waals surface area contributed by atoms with Crippen LogP contribution in [0.2, 0.25) is 0 Å². The Hall–Kier alpha value is -2.36. The van der Waals surface area contributed by atoms with Crippen molar-refractivity contribution in [2.24, 2.45) is 11.7 Å². The number of hydrogen-bond donors (Lipinski definition) is 1. The summed E-state index contributed by atoms with van der Waals surface area (Å²) in [6.45, 7) is 1.75. The summed E-state index contributed by atoms with van der Waals surface area (Å²) < 4.78 is 47.4. The Morgan fingerprint density at radius 2 is 2.17 bits per heavy atom. The summed E-state index contributed by atoms with van der Waals surface area (Å²) in [5, 5.41) is 0. The first-order chi connectivity index (χ1) is 14.2. The van der Waals surface area contributed by atoms with E-state index in [4.69, 9.17) is 19.4 Å². The molecule has 0 radical (unpaired) electrons. The molecule has 1 aromatic carbocycles. The molecule has 30 heavy (non-hydrogen) atoms. The standard InChI is InChI=1S/C21H25NO7S/c1-13-6-8-14(9-7-13)30(24,25)29-16-10-11-21(22)19(16)15-4-3-5-17(20(15)28-21)27-12-18(23)26-2/h3-6,8-9,13,16,19H,7,10-12,22H2,1-2H3. The van der Waals surface area contributed by atoms with Gasteiger partial charge in [-0.2, -0.15) is 8.42 Å². The fraction of sp³-hybridized carbons (Fsp3) is 0.476. The van der Waals surface area contributed by atoms with Crippen LogP contribution in [0.1, 0.15) is 37.7 Å². The second-order valence-electron chi connectivity index (χ2n) is 7.88. The third-order valence-corrected chi connectivity index (χ3v) is 7.13. The van der Waals surface area contributed by atoms with E-state index in [1.54, 1.807) is 24.3 Å². The zero-order valence-electron chi connectivity index (χ0n) is 16.9. The molecule has 162 valence electrons. The van der Waals surface area contributed by atoms with Gasteiger partial charge in [-0.15, -0.1) is 0 Å². The van der Waals surface area contributed by atoms with Gasteiger partial charge in [-0.3, -0.25) is 9.92 Å². The number of benzene rings is 1. The molecular weight excluding hydrogens is 410 g/mol. The highest BCUT2D eigenvalue weighted by Gasteiger charge is 2.56. The van der Waals surface area contributed by atoms with Crippen LogP contribution in [0, 0.1) is 5.92 Å². The lowest BCUT2D eigenvalue weighted by atomic mass is 9.92. The minimum Gasteiger partial charge on any atom is -0.478 e. The van der Waals surface area contributed by atoms with Crippen molar-refractivity contribution in [1.29, 1.82) is 0 Å². The van der Waals surface area contributed by atoms with Gasteiger partial charge >= 0.3 is 5.97 Å². The second-order valence-corrected chi connectivity index (χ2v) is 9.45. The fourth-order valence-electron chi connectivity index (χ4n) is 4.18. The molecule has 1 heterocycles. The van der Waals surface area contributed by atoms with E-state index >= 15 is 0 Å². The quantitative estimate of drug-likeness (QED) is 0.535. The first kappa shape index (κ1) is 20.9. The predicted octanol–water partition coefficient (Wildman–Crippen LogP) is 2.36. The highest BCUT2D eigenvalue weighted by molar-refractivity contribution is 7.90. The molecule has 2 N–H and O–H groups in total. The molecule has 1 fully saturated rings. The maximum absolute atomic E-state index is 12.8. The molecule has 4 atom stereocenters. The van der Waals surface area contributed by atoms with E-state index < -0.39 is 33.8 Å². The number of hydrogen-bond acceptors (Lipinski definition) is 8. The summed E-state index contributed by atoms with van der Waals surface area (Å²) in [5.41, 5.74) is 6.11. The van der Waals surface area contributed by atoms with Crippen molar-refractivity contribution in [3.8, 4) is 11.5 Å². The van der Waals surface area contributed by atoms with Gasteiger partial charge in [0.2, 0.25) is 0 Å². The topological polar surface area (TPSA) is 114 Å². The number of esters is 1. The summed E-state index contributed by atoms with van der Waals surface area (Å²) >= 11 is 0. The molecule has 1 aromatic rings. The molecule has 9 heteroatoms. The Bertz CT molecular complexity index is 1020. The molecule has 1 saturated carbocycles. The molecule has 0 bridgehead atoms. The fourth-order valence-corrected chi connectivity index (χ4v) is 5.37. The smallest absolute Gasteiger partial charge is 0.343 e. The van der Waals surface area contributed by atoms with Crippen molar-refractivity contribution in [2.75, 3.05) is 13.7 Å². The number of carbonyl (C=O) groups excluding carboxylic acids is 1. The number of para-hydroxylation sites is 1. The molecule has 3 aliphatic rings. The lowest BCUT2D eigenvalue weighted by molar-refractivity contribution is -0.142. The molecule has 1 aliphatic heterocycles. The van der Waals surface area contributed by atoms with E-state index in [0.717, 1.165) is 0 Å². The van der Waals surface area contributed by atoms with Crippen LogP contribution in [0.3, 0.4) is 0 Å². The predicted molar refractivity (Wildman–Crippen MR) is 108 cm³/mol. The van der Waals surface area contributed by atoms with Crippen LogP contribution in [0.15, 0.2) is 41.3 Å². The van der Waals surface area contributed by atoms with E-state index in [1.807, 2.05) is 19.1 Å². The average Bonchev–Trinajstić information content (AvgIpc) is 3.18. The van der Waals surface area contributed by atoms with Crippen LogP contribution in [0.5, 0.6) is 11.5 Å². The molecule has 0 aromatic heterocycles. The molecule has 0 saturated heterocycles. The van der Waals surface area contributed by atoms with Gasteiger partial charge in [-0.25, -0.2) is 4.79 Å². The van der Waals surface area contributed by atoms with Gasteiger partial charge < -0.3 is 14.2 Å². The lowest BCUT2D eigenvalue weighted by Gasteiger charge is -2.25. The van der Waals surface area contributed by atoms with E-state index in [-0.39, 0.29) is 11.5 Å². The lowest BCUT2D eigenvalue weighted by Crippen LogP contribution is -2.46. The number of allylic oxidation sites excluding steroid dienone is 3. The summed E-state index contributed by atoms with van der Waals surface area (Å²) in [6.07, 6.45) is 5.99. The van der Waals surface area contributed by atoms with Crippen LogP contribution in [0.25, 0.3) is 0 Å². The Labute approximate surface area is 175 Å². The van der Waals surface area contributed by atoms with E-state index in [1.165, 1.54) is 7.11 Å². The minimum atomic E-state index is -3.92. The maximum Gasteiger partial charge on any atom is 0.343 e. The largest absolute Gasteiger partial charge is 0.478 e. The Morgan fingerprint density at radius 3 is 2.87 bits per heavy atom. The van der Waals surface area contributed by atoms with Gasteiger partial charge in [0, 0.05) is 12.0 Å². The summed E-state index contributed by atoms with van der Waals surface area (Å²) in [6, 6.07) is 5.23. The van der Waals surface area contributed by atoms with E-state index in [9.17, 15) is 13.2 Å². The third-order valence-electron chi connectivity index (χ3n) is 5.75. The number of fused-ring (bicyclic) bond motifs is 3. The summed E-state index contributed by atoms with van der Waals surface area (Å²) in [4.78, 5) is 11.6. The van der Waals surface area contributed by atoms with Gasteiger partial charge in [0.25, 0.3) is 10.1 Å². The zero-order valence-corrected chi connectivity index (χ0v) is 17.7. The van der Waals surface area contributed by atoms with Crippen molar-refractivity contribution in [1.82, 2.24) is 0 Å². The number of methoxy groups -OCH3 is 1. The Morgan fingerprint density at radius 1 is 1.37 bits per heavy atom. The minimum absolute atomic E-state index is 0.171. The monoisotopic (exact) mass is 435 g/mol. The Kier molecular flexibility index (Phi) is 5.37. The molecule has 4 unspecified atom stereocenters. The molecule has 0 spiro atoms. The first-order valence-corrected chi connectivity index (χ1v) is 11.3. The van der Waals surface area contributed by atoms with Crippen molar-refractivity contribution < 1.29 is 31.6 Å². The molecule has 4 rings (SSSR count). The Balaban J connectivity index is 1.58. The van der Waals surface area contributed by atoms with Crippen molar-refractivity contribution in [2.45, 2.75) is 43.9 Å². The van der Waals surface area contributed by atoms with Crippen LogP contribution in [-0.4, -0.2) is 39.9 Å².